The summed E-state index contributed by atoms with van der Waals surface area (Å²) in [6, 6.07) is 0. The molecule has 44 valence electrons. The van der Waals surface area contributed by atoms with Crippen molar-refractivity contribution in [3.05, 3.63) is 0 Å². The van der Waals surface area contributed by atoms with Gasteiger partial charge in [-0.05, 0) is 0 Å². The quantitative estimate of drug-likeness (QED) is 0.235. The number of alkyl halides is 1. The Morgan fingerprint density at radius 1 is 1.71 bits per heavy atom. The van der Waals surface area contributed by atoms with E-state index < -0.39 is 0 Å². The van der Waals surface area contributed by atoms with Crippen LogP contribution in [0.1, 0.15) is 0 Å². The summed E-state index contributed by atoms with van der Waals surface area (Å²) >= 11 is 5.27. The molecule has 2 N–H and O–H groups in total. The smallest absolute Gasteiger partial charge is 0.0944 e. The second-order valence-electron chi connectivity index (χ2n) is 1.11. The average Bonchev–Trinajstić information content (AvgIpc) is 2.52. The summed E-state index contributed by atoms with van der Waals surface area (Å²) < 4.78 is 4.73. The Bertz CT molecular complexity index is 37.2. The first kappa shape index (κ1) is 7.17. The third kappa shape index (κ3) is 4.01. The van der Waals surface area contributed by atoms with Crippen LogP contribution >= 0.6 is 11.6 Å². The zero-order valence-electron chi connectivity index (χ0n) is 3.67. The Morgan fingerprint density at radius 3 is 2.14 bits per heavy atom. The molecule has 0 spiro atoms. The minimum absolute atomic E-state index is 0.400. The van der Waals surface area contributed by atoms with Crippen LogP contribution in [0.2, 0.25) is 0 Å². The van der Waals surface area contributed by atoms with Crippen LogP contribution in [0.4, 0.5) is 0 Å². The fourth-order valence-corrected chi connectivity index (χ4v) is 0.335. The number of epoxide rings is 1. The first-order valence-electron chi connectivity index (χ1n) is 1.81. The highest BCUT2D eigenvalue weighted by atomic mass is 35.5. The van der Waals surface area contributed by atoms with E-state index in [0.29, 0.717) is 12.0 Å². The van der Waals surface area contributed by atoms with Crippen molar-refractivity contribution >= 4 is 11.6 Å². The molecule has 1 aliphatic rings. The normalized spacial score (nSPS) is 25.3. The third-order valence-corrected chi connectivity index (χ3v) is 0.919. The average molecular weight is 127 g/mol. The van der Waals surface area contributed by atoms with Crippen LogP contribution in [0, 0.1) is 0 Å². The number of halogens is 1. The minimum Gasteiger partial charge on any atom is -0.372 e. The second kappa shape index (κ2) is 4.33. The summed E-state index contributed by atoms with van der Waals surface area (Å²) in [5, 5.41) is 12.0. The molecule has 1 heterocycles. The summed E-state index contributed by atoms with van der Waals surface area (Å²) in [4.78, 5) is 0. The lowest BCUT2D eigenvalue weighted by Crippen LogP contribution is -1.80. The van der Waals surface area contributed by atoms with Crippen molar-refractivity contribution in [2.24, 2.45) is 0 Å². The molecule has 1 atom stereocenters. The van der Waals surface area contributed by atoms with E-state index >= 15 is 0 Å². The molecule has 1 fully saturated rings. The van der Waals surface area contributed by atoms with Gasteiger partial charge in [-0.2, -0.15) is 0 Å². The van der Waals surface area contributed by atoms with Gasteiger partial charge in [-0.15, -0.1) is 11.6 Å². The van der Waals surface area contributed by atoms with Gasteiger partial charge in [-0.25, -0.2) is 0 Å². The highest BCUT2D eigenvalue weighted by Crippen LogP contribution is 2.08. The van der Waals surface area contributed by atoms with Gasteiger partial charge in [-0.1, -0.05) is 0 Å². The molecule has 1 rings (SSSR count). The highest BCUT2D eigenvalue weighted by molar-refractivity contribution is 6.18. The molecule has 0 saturated carbocycles. The molecular formula is C3H7ClO3. The van der Waals surface area contributed by atoms with E-state index in [-0.39, 0.29) is 0 Å². The van der Waals surface area contributed by atoms with Crippen LogP contribution in [0.3, 0.4) is 0 Å². The van der Waals surface area contributed by atoms with Crippen molar-refractivity contribution < 1.29 is 15.3 Å². The molecule has 3 nitrogen and oxygen atoms in total. The van der Waals surface area contributed by atoms with Crippen LogP contribution in [0.15, 0.2) is 0 Å². The van der Waals surface area contributed by atoms with Crippen molar-refractivity contribution in [1.29, 1.82) is 0 Å². The topological polar surface area (TPSA) is 53.0 Å². The Morgan fingerprint density at radius 2 is 2.14 bits per heavy atom. The molecule has 7 heavy (non-hydrogen) atoms. The van der Waals surface area contributed by atoms with Gasteiger partial charge in [0.25, 0.3) is 0 Å². The van der Waals surface area contributed by atoms with Crippen LogP contribution in [-0.2, 0) is 4.74 Å². The van der Waals surface area contributed by atoms with E-state index in [2.05, 4.69) is 0 Å². The molecule has 0 aromatic heterocycles. The van der Waals surface area contributed by atoms with E-state index in [0.717, 1.165) is 6.61 Å². The zero-order valence-corrected chi connectivity index (χ0v) is 4.43. The molecule has 0 radical (unpaired) electrons. The maximum absolute atomic E-state index is 6.00. The van der Waals surface area contributed by atoms with Crippen LogP contribution in [0.5, 0.6) is 0 Å². The molecule has 0 bridgehead atoms. The third-order valence-electron chi connectivity index (χ3n) is 0.574. The van der Waals surface area contributed by atoms with Crippen molar-refractivity contribution in [3.63, 3.8) is 0 Å². The van der Waals surface area contributed by atoms with Crippen LogP contribution in [0.25, 0.3) is 0 Å². The lowest BCUT2D eigenvalue weighted by Gasteiger charge is -1.67. The second-order valence-corrected chi connectivity index (χ2v) is 1.42. The summed E-state index contributed by atoms with van der Waals surface area (Å²) in [5.41, 5.74) is 0. The Balaban J connectivity index is 0.000000162. The van der Waals surface area contributed by atoms with Gasteiger partial charge in [0, 0.05) is 0 Å². The molecule has 0 amide bonds. The number of ether oxygens (including phenoxy) is 1. The molecule has 4 heteroatoms. The predicted octanol–water partition coefficient (Wildman–Crippen LogP) is 0.641. The maximum atomic E-state index is 6.00. The molecule has 0 aromatic carbocycles. The van der Waals surface area contributed by atoms with Crippen molar-refractivity contribution in [1.82, 2.24) is 0 Å². The van der Waals surface area contributed by atoms with Gasteiger partial charge in [0.2, 0.25) is 0 Å². The molecule has 0 aliphatic carbocycles. The van der Waals surface area contributed by atoms with Crippen LogP contribution < -0.4 is 0 Å². The number of hydrogen-bond acceptors (Lipinski definition) is 3. The molecule has 1 aliphatic heterocycles. The molecule has 1 saturated heterocycles. The van der Waals surface area contributed by atoms with Crippen molar-refractivity contribution in [3.8, 4) is 0 Å². The lowest BCUT2D eigenvalue weighted by atomic mass is 10.6. The zero-order chi connectivity index (χ0) is 5.70. The molecule has 1 unspecified atom stereocenters. The van der Waals surface area contributed by atoms with Gasteiger partial charge in [0.05, 0.1) is 18.6 Å². The highest BCUT2D eigenvalue weighted by Gasteiger charge is 2.19. The fraction of sp³-hybridized carbons (Fsp3) is 1.00. The van der Waals surface area contributed by atoms with Gasteiger partial charge >= 0.3 is 0 Å². The van der Waals surface area contributed by atoms with E-state index in [1.165, 1.54) is 0 Å². The Hall–Kier alpha value is 0.170. The van der Waals surface area contributed by atoms with Gasteiger partial charge in [0.1, 0.15) is 0 Å². The Labute approximate surface area is 46.4 Å². The summed E-state index contributed by atoms with van der Waals surface area (Å²) in [7, 11) is 0. The van der Waals surface area contributed by atoms with Crippen LogP contribution in [-0.4, -0.2) is 29.1 Å². The summed E-state index contributed by atoms with van der Waals surface area (Å²) in [5.74, 6) is 0.667. The number of rotatable bonds is 1. The van der Waals surface area contributed by atoms with Gasteiger partial charge < -0.3 is 4.74 Å². The standard InChI is InChI=1S/C3H5ClO.H2O2/c4-1-3-2-5-3;1-2/h3H,1-2H2;1-2H. The fourth-order valence-electron chi connectivity index (χ4n) is 0.157. The SMILES string of the molecule is ClCC1CO1.OO. The molecular weight excluding hydrogens is 119 g/mol. The summed E-state index contributed by atoms with van der Waals surface area (Å²) in [6.45, 7) is 0.878. The summed E-state index contributed by atoms with van der Waals surface area (Å²) in [6.07, 6.45) is 0.400. The van der Waals surface area contributed by atoms with Crippen molar-refractivity contribution in [2.75, 3.05) is 12.5 Å². The predicted molar refractivity (Wildman–Crippen MR) is 25.7 cm³/mol. The van der Waals surface area contributed by atoms with Crippen molar-refractivity contribution in [2.45, 2.75) is 6.10 Å². The van der Waals surface area contributed by atoms with Gasteiger partial charge in [-0.3, -0.25) is 10.5 Å². The number of hydrogen-bond donors (Lipinski definition) is 2. The van der Waals surface area contributed by atoms with E-state index in [9.17, 15) is 0 Å². The minimum atomic E-state index is 0.400. The van der Waals surface area contributed by atoms with E-state index in [4.69, 9.17) is 26.9 Å². The Kier molecular flexibility index (Phi) is 4.44. The van der Waals surface area contributed by atoms with E-state index in [1.54, 1.807) is 0 Å². The monoisotopic (exact) mass is 126 g/mol. The largest absolute Gasteiger partial charge is 0.372 e. The van der Waals surface area contributed by atoms with Gasteiger partial charge in [0.15, 0.2) is 0 Å². The maximum Gasteiger partial charge on any atom is 0.0944 e. The lowest BCUT2D eigenvalue weighted by molar-refractivity contribution is -0.176. The first-order valence-corrected chi connectivity index (χ1v) is 2.34. The first-order chi connectivity index (χ1) is 3.43. The van der Waals surface area contributed by atoms with E-state index in [1.807, 2.05) is 0 Å². The molecule has 0 aromatic rings.